The van der Waals surface area contributed by atoms with Crippen LogP contribution in [0.3, 0.4) is 0 Å². The molecule has 0 aliphatic heterocycles. The fourth-order valence-corrected chi connectivity index (χ4v) is 1.57. The molecule has 1 aromatic heterocycles. The van der Waals surface area contributed by atoms with Gasteiger partial charge in [-0.15, -0.1) is 0 Å². The van der Waals surface area contributed by atoms with E-state index in [-0.39, 0.29) is 0 Å². The van der Waals surface area contributed by atoms with E-state index in [9.17, 15) is 4.79 Å². The number of nitrogens with zero attached hydrogens (tertiary/aromatic N) is 1. The van der Waals surface area contributed by atoms with Crippen LogP contribution in [0.2, 0.25) is 5.02 Å². The Bertz CT molecular complexity index is 482. The van der Waals surface area contributed by atoms with E-state index < -0.39 is 0 Å². The summed E-state index contributed by atoms with van der Waals surface area (Å²) < 4.78 is 0. The van der Waals surface area contributed by atoms with Crippen molar-refractivity contribution in [2.45, 2.75) is 0 Å². The summed E-state index contributed by atoms with van der Waals surface area (Å²) in [6.07, 6.45) is 2.20. The molecule has 0 radical (unpaired) electrons. The summed E-state index contributed by atoms with van der Waals surface area (Å²) in [6, 6.07) is 11.3. The molecule has 0 bridgehead atoms. The maximum absolute atomic E-state index is 10.6. The first-order valence-electron chi connectivity index (χ1n) is 4.47. The van der Waals surface area contributed by atoms with Crippen LogP contribution >= 0.6 is 11.6 Å². The molecule has 1 heterocycles. The van der Waals surface area contributed by atoms with E-state index >= 15 is 0 Å². The van der Waals surface area contributed by atoms with Crippen molar-refractivity contribution in [1.82, 2.24) is 4.98 Å². The number of carbonyl (C=O) groups excluding carboxylic acids is 1. The Hall–Kier alpha value is -1.67. The summed E-state index contributed by atoms with van der Waals surface area (Å²) in [7, 11) is 0. The molecule has 0 atom stereocenters. The molecule has 0 spiro atoms. The average molecular weight is 218 g/mol. The van der Waals surface area contributed by atoms with Crippen LogP contribution in [-0.2, 0) is 0 Å². The first-order chi connectivity index (χ1) is 7.31. The molecule has 0 N–H and O–H groups in total. The zero-order valence-corrected chi connectivity index (χ0v) is 8.61. The highest BCUT2D eigenvalue weighted by atomic mass is 35.5. The van der Waals surface area contributed by atoms with Crippen LogP contribution in [-0.4, -0.2) is 11.3 Å². The third kappa shape index (κ3) is 2.05. The van der Waals surface area contributed by atoms with E-state index in [0.29, 0.717) is 17.0 Å². The van der Waals surface area contributed by atoms with E-state index in [1.807, 2.05) is 30.3 Å². The van der Waals surface area contributed by atoms with Crippen molar-refractivity contribution in [2.75, 3.05) is 0 Å². The molecule has 15 heavy (non-hydrogen) atoms. The minimum Gasteiger partial charge on any atom is -0.296 e. The van der Waals surface area contributed by atoms with Crippen molar-refractivity contribution in [3.05, 3.63) is 53.3 Å². The Morgan fingerprint density at radius 1 is 1.20 bits per heavy atom. The van der Waals surface area contributed by atoms with Crippen LogP contribution in [0.5, 0.6) is 0 Å². The first kappa shape index (κ1) is 9.87. The number of halogens is 1. The van der Waals surface area contributed by atoms with Gasteiger partial charge in [0.1, 0.15) is 5.69 Å². The molecule has 3 heteroatoms. The van der Waals surface area contributed by atoms with Gasteiger partial charge >= 0.3 is 0 Å². The third-order valence-electron chi connectivity index (χ3n) is 2.08. The largest absolute Gasteiger partial charge is 0.296 e. The van der Waals surface area contributed by atoms with Crippen LogP contribution in [0, 0.1) is 0 Å². The van der Waals surface area contributed by atoms with Crippen LogP contribution in [0.1, 0.15) is 10.5 Å². The van der Waals surface area contributed by atoms with Crippen molar-refractivity contribution < 1.29 is 4.79 Å². The molecule has 0 saturated carbocycles. The van der Waals surface area contributed by atoms with Crippen LogP contribution in [0.4, 0.5) is 0 Å². The van der Waals surface area contributed by atoms with Gasteiger partial charge in [0.25, 0.3) is 0 Å². The number of aromatic nitrogens is 1. The summed E-state index contributed by atoms with van der Waals surface area (Å²) in [5.41, 5.74) is 2.20. The highest BCUT2D eigenvalue weighted by molar-refractivity contribution is 6.33. The Balaban J connectivity index is 2.57. The number of hydrogen-bond donors (Lipinski definition) is 0. The van der Waals surface area contributed by atoms with E-state index in [4.69, 9.17) is 11.6 Å². The van der Waals surface area contributed by atoms with Gasteiger partial charge in [-0.3, -0.25) is 9.78 Å². The summed E-state index contributed by atoms with van der Waals surface area (Å²) in [4.78, 5) is 14.5. The highest BCUT2D eigenvalue weighted by Gasteiger charge is 2.04. The van der Waals surface area contributed by atoms with Crippen molar-refractivity contribution in [3.8, 4) is 11.1 Å². The molecule has 2 nitrogen and oxygen atoms in total. The molecular weight excluding hydrogens is 210 g/mol. The van der Waals surface area contributed by atoms with Crippen molar-refractivity contribution >= 4 is 17.9 Å². The first-order valence-corrected chi connectivity index (χ1v) is 4.85. The van der Waals surface area contributed by atoms with Gasteiger partial charge in [0.15, 0.2) is 6.29 Å². The van der Waals surface area contributed by atoms with Crippen LogP contribution in [0.15, 0.2) is 42.6 Å². The maximum atomic E-state index is 10.6. The number of rotatable bonds is 2. The molecule has 0 fully saturated rings. The Morgan fingerprint density at radius 2 is 1.93 bits per heavy atom. The highest BCUT2D eigenvalue weighted by Crippen LogP contribution is 2.26. The quantitative estimate of drug-likeness (QED) is 0.723. The molecule has 0 amide bonds. The SMILES string of the molecule is O=Cc1cc(-c2ccccc2)c(Cl)cn1. The van der Waals surface area contributed by atoms with Crippen LogP contribution < -0.4 is 0 Å². The van der Waals surface area contributed by atoms with E-state index in [2.05, 4.69) is 4.98 Å². The fraction of sp³-hybridized carbons (Fsp3) is 0. The minimum absolute atomic E-state index is 0.387. The minimum atomic E-state index is 0.387. The molecule has 0 unspecified atom stereocenters. The lowest BCUT2D eigenvalue weighted by atomic mass is 10.1. The second kappa shape index (κ2) is 4.24. The van der Waals surface area contributed by atoms with E-state index in [1.54, 1.807) is 6.07 Å². The number of pyridine rings is 1. The van der Waals surface area contributed by atoms with Crippen molar-refractivity contribution in [3.63, 3.8) is 0 Å². The zero-order valence-electron chi connectivity index (χ0n) is 7.85. The van der Waals surface area contributed by atoms with Gasteiger partial charge in [0.05, 0.1) is 5.02 Å². The predicted octanol–water partition coefficient (Wildman–Crippen LogP) is 3.21. The standard InChI is InChI=1S/C12H8ClNO/c13-12-7-14-10(8-15)6-11(12)9-4-2-1-3-5-9/h1-8H. The molecule has 2 aromatic rings. The molecule has 0 aliphatic rings. The van der Waals surface area contributed by atoms with Crippen molar-refractivity contribution in [1.29, 1.82) is 0 Å². The van der Waals surface area contributed by atoms with Gasteiger partial charge in [0, 0.05) is 11.8 Å². The predicted molar refractivity (Wildman–Crippen MR) is 60.1 cm³/mol. The van der Waals surface area contributed by atoms with E-state index in [1.165, 1.54) is 6.20 Å². The smallest absolute Gasteiger partial charge is 0.168 e. The number of benzene rings is 1. The summed E-state index contributed by atoms with van der Waals surface area (Å²) in [5.74, 6) is 0. The Morgan fingerprint density at radius 3 is 2.60 bits per heavy atom. The normalized spacial score (nSPS) is 9.93. The van der Waals surface area contributed by atoms with Gasteiger partial charge < -0.3 is 0 Å². The fourth-order valence-electron chi connectivity index (χ4n) is 1.36. The molecule has 1 aromatic carbocycles. The van der Waals surface area contributed by atoms with Gasteiger partial charge in [-0.2, -0.15) is 0 Å². The lowest BCUT2D eigenvalue weighted by molar-refractivity contribution is 0.111. The molecule has 0 aliphatic carbocycles. The lowest BCUT2D eigenvalue weighted by Gasteiger charge is -2.03. The van der Waals surface area contributed by atoms with E-state index in [0.717, 1.165) is 11.1 Å². The number of aldehydes is 1. The molecule has 74 valence electrons. The topological polar surface area (TPSA) is 30.0 Å². The second-order valence-electron chi connectivity index (χ2n) is 3.07. The van der Waals surface area contributed by atoms with Gasteiger partial charge in [-0.1, -0.05) is 41.9 Å². The number of hydrogen-bond acceptors (Lipinski definition) is 2. The Kier molecular flexibility index (Phi) is 2.79. The Labute approximate surface area is 92.5 Å². The van der Waals surface area contributed by atoms with Gasteiger partial charge in [-0.05, 0) is 11.6 Å². The van der Waals surface area contributed by atoms with Gasteiger partial charge in [-0.25, -0.2) is 0 Å². The molecule has 0 saturated heterocycles. The number of carbonyl (C=O) groups is 1. The zero-order chi connectivity index (χ0) is 10.7. The average Bonchev–Trinajstić information content (AvgIpc) is 2.31. The third-order valence-corrected chi connectivity index (χ3v) is 2.38. The molecule has 2 rings (SSSR count). The van der Waals surface area contributed by atoms with Crippen molar-refractivity contribution in [2.24, 2.45) is 0 Å². The lowest BCUT2D eigenvalue weighted by Crippen LogP contribution is -1.88. The monoisotopic (exact) mass is 217 g/mol. The maximum Gasteiger partial charge on any atom is 0.168 e. The van der Waals surface area contributed by atoms with Gasteiger partial charge in [0.2, 0.25) is 0 Å². The van der Waals surface area contributed by atoms with Crippen LogP contribution in [0.25, 0.3) is 11.1 Å². The molecular formula is C12H8ClNO. The summed E-state index contributed by atoms with van der Waals surface area (Å²) in [5, 5.41) is 0.548. The summed E-state index contributed by atoms with van der Waals surface area (Å²) >= 11 is 6.01. The summed E-state index contributed by atoms with van der Waals surface area (Å²) in [6.45, 7) is 0. The second-order valence-corrected chi connectivity index (χ2v) is 3.48.